The molecule has 3 aromatic rings. The predicted molar refractivity (Wildman–Crippen MR) is 131 cm³/mol. The predicted octanol–water partition coefficient (Wildman–Crippen LogP) is 5.34. The number of aliphatic hydroxyl groups excluding tert-OH is 1. The topological polar surface area (TPSA) is 76.1 Å². The zero-order chi connectivity index (χ0) is 24.4. The maximum Gasteiger partial charge on any atom is 0.300 e. The van der Waals surface area contributed by atoms with Gasteiger partial charge in [-0.2, -0.15) is 0 Å². The lowest BCUT2D eigenvalue weighted by Gasteiger charge is -2.26. The average molecular weight is 458 g/mol. The number of carbonyl (C=O) groups excluding carboxylic acids is 2. The number of amides is 1. The molecule has 4 rings (SSSR count). The molecule has 0 radical (unpaired) electrons. The van der Waals surface area contributed by atoms with Gasteiger partial charge in [-0.1, -0.05) is 41.5 Å². The molecule has 1 atom stereocenters. The number of carbonyl (C=O) groups is 2. The summed E-state index contributed by atoms with van der Waals surface area (Å²) >= 11 is 0. The van der Waals surface area contributed by atoms with E-state index in [1.54, 1.807) is 30.3 Å². The van der Waals surface area contributed by atoms with Gasteiger partial charge in [0.2, 0.25) is 0 Å². The fourth-order valence-corrected chi connectivity index (χ4v) is 4.21. The highest BCUT2D eigenvalue weighted by Gasteiger charge is 2.47. The van der Waals surface area contributed by atoms with Crippen LogP contribution < -0.4 is 14.4 Å². The minimum atomic E-state index is -0.840. The van der Waals surface area contributed by atoms with Gasteiger partial charge in [0, 0.05) is 5.69 Å². The average Bonchev–Trinajstić information content (AvgIpc) is 3.10. The van der Waals surface area contributed by atoms with Gasteiger partial charge in [-0.3, -0.25) is 14.5 Å². The van der Waals surface area contributed by atoms with Crippen molar-refractivity contribution >= 4 is 23.1 Å². The molecule has 1 fully saturated rings. The van der Waals surface area contributed by atoms with Gasteiger partial charge in [0.1, 0.15) is 17.3 Å². The molecule has 0 aromatic heterocycles. The molecule has 1 aliphatic rings. The number of hydrogen-bond acceptors (Lipinski definition) is 5. The number of aliphatic hydroxyl groups is 1. The van der Waals surface area contributed by atoms with Crippen molar-refractivity contribution in [1.82, 2.24) is 0 Å². The van der Waals surface area contributed by atoms with Crippen molar-refractivity contribution in [2.75, 3.05) is 18.6 Å². The first kappa shape index (κ1) is 23.1. The normalized spacial score (nSPS) is 17.2. The quantitative estimate of drug-likeness (QED) is 0.307. The van der Waals surface area contributed by atoms with Gasteiger partial charge in [-0.25, -0.2) is 0 Å². The highest BCUT2D eigenvalue weighted by Crippen LogP contribution is 2.44. The van der Waals surface area contributed by atoms with Crippen molar-refractivity contribution in [2.24, 2.45) is 0 Å². The van der Waals surface area contributed by atoms with Gasteiger partial charge >= 0.3 is 0 Å². The van der Waals surface area contributed by atoms with Crippen molar-refractivity contribution in [2.45, 2.75) is 26.8 Å². The number of anilines is 1. The van der Waals surface area contributed by atoms with Gasteiger partial charge in [0.05, 0.1) is 30.9 Å². The molecular formula is C28H27NO5. The van der Waals surface area contributed by atoms with Crippen LogP contribution in [-0.4, -0.2) is 30.5 Å². The minimum Gasteiger partial charge on any atom is -0.507 e. The Labute approximate surface area is 199 Å². The molecule has 6 nitrogen and oxygen atoms in total. The highest BCUT2D eigenvalue weighted by molar-refractivity contribution is 6.51. The molecule has 1 N–H and O–H groups in total. The van der Waals surface area contributed by atoms with Gasteiger partial charge in [0.25, 0.3) is 11.7 Å². The molecule has 1 aliphatic heterocycles. The standard InChI is InChI=1S/C28H27NO5/c1-5-34-21-8-6-7-19(16-21)25-24(26(30)22-15-18(3)11-14-23(22)33-4)27(31)28(32)29(25)20-12-9-17(2)10-13-20/h6-16,25,30H,5H2,1-4H3/b26-24+. The number of benzene rings is 3. The number of nitrogens with zero attached hydrogens (tertiary/aromatic N) is 1. The first-order valence-corrected chi connectivity index (χ1v) is 11.1. The minimum absolute atomic E-state index is 0.00289. The lowest BCUT2D eigenvalue weighted by molar-refractivity contribution is -0.132. The molecule has 6 heteroatoms. The summed E-state index contributed by atoms with van der Waals surface area (Å²) in [6, 6.07) is 19.1. The third-order valence-corrected chi connectivity index (χ3v) is 5.85. The summed E-state index contributed by atoms with van der Waals surface area (Å²) in [7, 11) is 1.50. The van der Waals surface area contributed by atoms with Crippen molar-refractivity contribution in [3.63, 3.8) is 0 Å². The lowest BCUT2D eigenvalue weighted by Crippen LogP contribution is -2.29. The van der Waals surface area contributed by atoms with Crippen molar-refractivity contribution in [3.8, 4) is 11.5 Å². The van der Waals surface area contributed by atoms with Crippen LogP contribution in [0.2, 0.25) is 0 Å². The lowest BCUT2D eigenvalue weighted by atomic mass is 9.94. The third-order valence-electron chi connectivity index (χ3n) is 5.85. The summed E-state index contributed by atoms with van der Waals surface area (Å²) in [5, 5.41) is 11.4. The number of Topliss-reactive ketones (excluding diaryl/α,β-unsaturated/α-hetero) is 1. The van der Waals surface area contributed by atoms with E-state index in [-0.39, 0.29) is 11.3 Å². The van der Waals surface area contributed by atoms with E-state index < -0.39 is 17.7 Å². The Morgan fingerprint density at radius 1 is 0.971 bits per heavy atom. The summed E-state index contributed by atoms with van der Waals surface area (Å²) in [5.74, 6) is -0.716. The van der Waals surface area contributed by atoms with E-state index in [0.29, 0.717) is 34.9 Å². The zero-order valence-electron chi connectivity index (χ0n) is 19.7. The molecule has 0 spiro atoms. The Kier molecular flexibility index (Phi) is 6.41. The summed E-state index contributed by atoms with van der Waals surface area (Å²) < 4.78 is 11.1. The van der Waals surface area contributed by atoms with Gasteiger partial charge < -0.3 is 14.6 Å². The van der Waals surface area contributed by atoms with Crippen LogP contribution in [0.3, 0.4) is 0 Å². The molecule has 3 aromatic carbocycles. The largest absolute Gasteiger partial charge is 0.507 e. The van der Waals surface area contributed by atoms with Crippen LogP contribution in [0, 0.1) is 13.8 Å². The molecule has 0 saturated carbocycles. The number of aryl methyl sites for hydroxylation is 2. The Balaban J connectivity index is 1.98. The molecule has 34 heavy (non-hydrogen) atoms. The maximum absolute atomic E-state index is 13.4. The number of methoxy groups -OCH3 is 1. The van der Waals surface area contributed by atoms with Gasteiger partial charge in [0.15, 0.2) is 0 Å². The molecule has 174 valence electrons. The fraction of sp³-hybridized carbons (Fsp3) is 0.214. The van der Waals surface area contributed by atoms with Crippen molar-refractivity contribution in [1.29, 1.82) is 0 Å². The van der Waals surface area contributed by atoms with Crippen LogP contribution in [0.4, 0.5) is 5.69 Å². The monoisotopic (exact) mass is 457 g/mol. The number of hydrogen-bond donors (Lipinski definition) is 1. The summed E-state index contributed by atoms with van der Waals surface area (Å²) in [6.07, 6.45) is 0. The molecule has 0 aliphatic carbocycles. The number of ether oxygens (including phenoxy) is 2. The number of ketones is 1. The molecular weight excluding hydrogens is 430 g/mol. The van der Waals surface area contributed by atoms with E-state index >= 15 is 0 Å². The Morgan fingerprint density at radius 2 is 1.68 bits per heavy atom. The van der Waals surface area contributed by atoms with Crippen LogP contribution in [0.25, 0.3) is 5.76 Å². The van der Waals surface area contributed by atoms with Crippen LogP contribution in [-0.2, 0) is 9.59 Å². The number of rotatable bonds is 6. The second-order valence-electron chi connectivity index (χ2n) is 8.21. The van der Waals surface area contributed by atoms with Crippen molar-refractivity contribution < 1.29 is 24.2 Å². The molecule has 1 heterocycles. The summed E-state index contributed by atoms with van der Waals surface area (Å²) in [4.78, 5) is 28.1. The van der Waals surface area contributed by atoms with Crippen LogP contribution in [0.15, 0.2) is 72.3 Å². The highest BCUT2D eigenvalue weighted by atomic mass is 16.5. The van der Waals surface area contributed by atoms with Crippen LogP contribution in [0.5, 0.6) is 11.5 Å². The van der Waals surface area contributed by atoms with E-state index in [2.05, 4.69) is 0 Å². The van der Waals surface area contributed by atoms with Crippen LogP contribution >= 0.6 is 0 Å². The smallest absolute Gasteiger partial charge is 0.300 e. The molecule has 0 bridgehead atoms. The van der Waals surface area contributed by atoms with Gasteiger partial charge in [-0.05, 0) is 62.7 Å². The second-order valence-corrected chi connectivity index (χ2v) is 8.21. The van der Waals surface area contributed by atoms with E-state index in [1.807, 2.05) is 57.2 Å². The third kappa shape index (κ3) is 4.15. The van der Waals surface area contributed by atoms with Crippen LogP contribution in [0.1, 0.15) is 35.2 Å². The molecule has 1 unspecified atom stereocenters. The first-order valence-electron chi connectivity index (χ1n) is 11.1. The Morgan fingerprint density at radius 3 is 2.35 bits per heavy atom. The summed E-state index contributed by atoms with van der Waals surface area (Å²) in [6.45, 7) is 6.19. The van der Waals surface area contributed by atoms with E-state index in [4.69, 9.17) is 9.47 Å². The van der Waals surface area contributed by atoms with E-state index in [0.717, 1.165) is 11.1 Å². The van der Waals surface area contributed by atoms with E-state index in [1.165, 1.54) is 12.0 Å². The van der Waals surface area contributed by atoms with Crippen molar-refractivity contribution in [3.05, 3.63) is 94.6 Å². The first-order chi connectivity index (χ1) is 16.3. The van der Waals surface area contributed by atoms with Gasteiger partial charge in [-0.15, -0.1) is 0 Å². The Bertz CT molecular complexity index is 1280. The second kappa shape index (κ2) is 9.43. The zero-order valence-corrected chi connectivity index (χ0v) is 19.7. The Hall–Kier alpha value is -4.06. The summed E-state index contributed by atoms with van der Waals surface area (Å²) in [5.41, 5.74) is 3.48. The van der Waals surface area contributed by atoms with E-state index in [9.17, 15) is 14.7 Å². The fourth-order valence-electron chi connectivity index (χ4n) is 4.21. The molecule has 1 saturated heterocycles. The maximum atomic E-state index is 13.4. The SMILES string of the molecule is CCOc1cccc(C2/C(=C(\O)c3cc(C)ccc3OC)C(=O)C(=O)N2c2ccc(C)cc2)c1. The molecule has 1 amide bonds.